The highest BCUT2D eigenvalue weighted by atomic mass is 16.4. The molecule has 76 valence electrons. The third-order valence-electron chi connectivity index (χ3n) is 2.37. The van der Waals surface area contributed by atoms with Gasteiger partial charge in [0, 0.05) is 18.3 Å². The van der Waals surface area contributed by atoms with Crippen molar-refractivity contribution in [3.63, 3.8) is 0 Å². The van der Waals surface area contributed by atoms with Crippen molar-refractivity contribution < 1.29 is 14.7 Å². The summed E-state index contributed by atoms with van der Waals surface area (Å²) in [5.74, 6) is -0.706. The molecule has 0 spiro atoms. The molecule has 0 bridgehead atoms. The Kier molecular flexibility index (Phi) is 5.35. The number of hydrogen-bond donors (Lipinski definition) is 1. The van der Waals surface area contributed by atoms with Crippen molar-refractivity contribution in [3.05, 3.63) is 0 Å². The fourth-order valence-electron chi connectivity index (χ4n) is 1.17. The average Bonchev–Trinajstić information content (AvgIpc) is 2.11. The molecule has 0 heterocycles. The second-order valence-corrected chi connectivity index (χ2v) is 3.55. The van der Waals surface area contributed by atoms with Crippen LogP contribution in [-0.2, 0) is 9.59 Å². The van der Waals surface area contributed by atoms with E-state index in [-0.39, 0.29) is 24.0 Å². The molecule has 0 aliphatic rings. The maximum Gasteiger partial charge on any atom is 0.303 e. The summed E-state index contributed by atoms with van der Waals surface area (Å²) in [6.45, 7) is 5.66. The van der Waals surface area contributed by atoms with E-state index in [1.165, 1.54) is 0 Å². The van der Waals surface area contributed by atoms with Gasteiger partial charge >= 0.3 is 5.97 Å². The molecular weight excluding hydrogens is 168 g/mol. The molecule has 0 aliphatic carbocycles. The summed E-state index contributed by atoms with van der Waals surface area (Å²) in [7, 11) is 0. The van der Waals surface area contributed by atoms with Crippen molar-refractivity contribution in [2.24, 2.45) is 11.8 Å². The molecule has 0 aromatic heterocycles. The minimum Gasteiger partial charge on any atom is -0.481 e. The SMILES string of the molecule is CCC(C)C(=O)C(C)CCC(=O)O. The van der Waals surface area contributed by atoms with Crippen molar-refractivity contribution in [2.45, 2.75) is 40.0 Å². The topological polar surface area (TPSA) is 54.4 Å². The number of ketones is 1. The Morgan fingerprint density at radius 2 is 1.77 bits per heavy atom. The van der Waals surface area contributed by atoms with E-state index in [1.807, 2.05) is 13.8 Å². The molecular formula is C10H18O3. The zero-order valence-electron chi connectivity index (χ0n) is 8.54. The fraction of sp³-hybridized carbons (Fsp3) is 0.800. The maximum atomic E-state index is 11.5. The summed E-state index contributed by atoms with van der Waals surface area (Å²) in [6, 6.07) is 0. The van der Waals surface area contributed by atoms with Crippen LogP contribution in [0.5, 0.6) is 0 Å². The van der Waals surface area contributed by atoms with Gasteiger partial charge in [-0.05, 0) is 12.8 Å². The minimum atomic E-state index is -0.830. The molecule has 3 heteroatoms. The monoisotopic (exact) mass is 186 g/mol. The van der Waals surface area contributed by atoms with Gasteiger partial charge in [-0.25, -0.2) is 0 Å². The smallest absolute Gasteiger partial charge is 0.303 e. The van der Waals surface area contributed by atoms with E-state index in [0.717, 1.165) is 6.42 Å². The van der Waals surface area contributed by atoms with Gasteiger partial charge in [0.1, 0.15) is 5.78 Å². The molecule has 3 nitrogen and oxygen atoms in total. The molecule has 2 atom stereocenters. The van der Waals surface area contributed by atoms with Gasteiger partial charge in [-0.2, -0.15) is 0 Å². The molecule has 0 fully saturated rings. The van der Waals surface area contributed by atoms with Gasteiger partial charge in [-0.3, -0.25) is 9.59 Å². The number of carboxylic acids is 1. The predicted molar refractivity (Wildman–Crippen MR) is 50.5 cm³/mol. The third-order valence-corrected chi connectivity index (χ3v) is 2.37. The predicted octanol–water partition coefficient (Wildman–Crippen LogP) is 2.10. The van der Waals surface area contributed by atoms with Gasteiger partial charge < -0.3 is 5.11 Å². The minimum absolute atomic E-state index is 0.0591. The summed E-state index contributed by atoms with van der Waals surface area (Å²) in [5, 5.41) is 8.43. The highest BCUT2D eigenvalue weighted by Crippen LogP contribution is 2.14. The zero-order valence-corrected chi connectivity index (χ0v) is 8.54. The molecule has 0 aromatic rings. The maximum absolute atomic E-state index is 11.5. The van der Waals surface area contributed by atoms with Crippen LogP contribution >= 0.6 is 0 Å². The normalized spacial score (nSPS) is 15.0. The average molecular weight is 186 g/mol. The van der Waals surface area contributed by atoms with Crippen molar-refractivity contribution in [2.75, 3.05) is 0 Å². The lowest BCUT2D eigenvalue weighted by Gasteiger charge is -2.13. The Bertz CT molecular complexity index is 187. The van der Waals surface area contributed by atoms with E-state index in [4.69, 9.17) is 5.11 Å². The third kappa shape index (κ3) is 4.65. The van der Waals surface area contributed by atoms with Gasteiger partial charge in [0.15, 0.2) is 0 Å². The number of carboxylic acid groups (broad SMARTS) is 1. The van der Waals surface area contributed by atoms with Crippen LogP contribution in [0.3, 0.4) is 0 Å². The standard InChI is InChI=1S/C10H18O3/c1-4-7(2)10(13)8(3)5-6-9(11)12/h7-8H,4-6H2,1-3H3,(H,11,12). The van der Waals surface area contributed by atoms with Gasteiger partial charge in [0.05, 0.1) is 0 Å². The van der Waals surface area contributed by atoms with Crippen LogP contribution in [0.1, 0.15) is 40.0 Å². The lowest BCUT2D eigenvalue weighted by Crippen LogP contribution is -2.19. The molecule has 0 rings (SSSR count). The van der Waals surface area contributed by atoms with Crippen LogP contribution in [-0.4, -0.2) is 16.9 Å². The molecule has 0 radical (unpaired) electrons. The molecule has 2 unspecified atom stereocenters. The first-order chi connectivity index (χ1) is 5.99. The van der Waals surface area contributed by atoms with Crippen LogP contribution < -0.4 is 0 Å². The van der Waals surface area contributed by atoms with Crippen LogP contribution in [0, 0.1) is 11.8 Å². The van der Waals surface area contributed by atoms with E-state index in [2.05, 4.69) is 0 Å². The van der Waals surface area contributed by atoms with Gasteiger partial charge in [-0.1, -0.05) is 20.8 Å². The van der Waals surface area contributed by atoms with E-state index in [0.29, 0.717) is 6.42 Å². The molecule has 0 saturated heterocycles. The Balaban J connectivity index is 3.89. The number of carbonyl (C=O) groups excluding carboxylic acids is 1. The number of rotatable bonds is 6. The Morgan fingerprint density at radius 3 is 2.15 bits per heavy atom. The lowest BCUT2D eigenvalue weighted by atomic mass is 9.90. The molecule has 0 saturated carbocycles. The molecule has 13 heavy (non-hydrogen) atoms. The molecule has 0 aromatic carbocycles. The van der Waals surface area contributed by atoms with Crippen LogP contribution in [0.4, 0.5) is 0 Å². The van der Waals surface area contributed by atoms with Gasteiger partial charge in [0.25, 0.3) is 0 Å². The van der Waals surface area contributed by atoms with Crippen molar-refractivity contribution in [3.8, 4) is 0 Å². The van der Waals surface area contributed by atoms with E-state index in [9.17, 15) is 9.59 Å². The Morgan fingerprint density at radius 1 is 1.23 bits per heavy atom. The molecule has 1 N–H and O–H groups in total. The Hall–Kier alpha value is -0.860. The lowest BCUT2D eigenvalue weighted by molar-refractivity contribution is -0.137. The molecule has 0 aliphatic heterocycles. The summed E-state index contributed by atoms with van der Waals surface area (Å²) in [4.78, 5) is 21.7. The highest BCUT2D eigenvalue weighted by Gasteiger charge is 2.18. The summed E-state index contributed by atoms with van der Waals surface area (Å²) >= 11 is 0. The number of aliphatic carboxylic acids is 1. The first-order valence-corrected chi connectivity index (χ1v) is 4.74. The first kappa shape index (κ1) is 12.1. The second-order valence-electron chi connectivity index (χ2n) is 3.55. The first-order valence-electron chi connectivity index (χ1n) is 4.74. The number of Topliss-reactive ketones (excluding diaryl/α,β-unsaturated/α-hetero) is 1. The van der Waals surface area contributed by atoms with E-state index in [1.54, 1.807) is 6.92 Å². The van der Waals surface area contributed by atoms with E-state index >= 15 is 0 Å². The second kappa shape index (κ2) is 5.73. The van der Waals surface area contributed by atoms with Gasteiger partial charge in [0.2, 0.25) is 0 Å². The largest absolute Gasteiger partial charge is 0.481 e. The summed E-state index contributed by atoms with van der Waals surface area (Å²) < 4.78 is 0. The van der Waals surface area contributed by atoms with Gasteiger partial charge in [-0.15, -0.1) is 0 Å². The Labute approximate surface area is 79.1 Å². The van der Waals surface area contributed by atoms with Crippen LogP contribution in [0.2, 0.25) is 0 Å². The van der Waals surface area contributed by atoms with Crippen LogP contribution in [0.15, 0.2) is 0 Å². The number of hydrogen-bond acceptors (Lipinski definition) is 2. The van der Waals surface area contributed by atoms with Crippen molar-refractivity contribution >= 4 is 11.8 Å². The van der Waals surface area contributed by atoms with Crippen LogP contribution in [0.25, 0.3) is 0 Å². The van der Waals surface area contributed by atoms with E-state index < -0.39 is 5.97 Å². The number of carbonyl (C=O) groups is 2. The zero-order chi connectivity index (χ0) is 10.4. The quantitative estimate of drug-likeness (QED) is 0.691. The highest BCUT2D eigenvalue weighted by molar-refractivity contribution is 5.83. The fourth-order valence-corrected chi connectivity index (χ4v) is 1.17. The van der Waals surface area contributed by atoms with Crippen molar-refractivity contribution in [1.82, 2.24) is 0 Å². The van der Waals surface area contributed by atoms with Crippen molar-refractivity contribution in [1.29, 1.82) is 0 Å². The summed E-state index contributed by atoms with van der Waals surface area (Å²) in [6.07, 6.45) is 1.37. The molecule has 0 amide bonds. The summed E-state index contributed by atoms with van der Waals surface area (Å²) in [5.41, 5.74) is 0.